The highest BCUT2D eigenvalue weighted by Gasteiger charge is 2.18. The van der Waals surface area contributed by atoms with Gasteiger partial charge < -0.3 is 0 Å². The normalized spacial score (nSPS) is 11.6. The zero-order valence-corrected chi connectivity index (χ0v) is 9.52. The first-order valence-electron chi connectivity index (χ1n) is 4.80. The van der Waals surface area contributed by atoms with Gasteiger partial charge in [0.05, 0.1) is 5.75 Å². The van der Waals surface area contributed by atoms with Crippen LogP contribution in [-0.2, 0) is 10.1 Å². The van der Waals surface area contributed by atoms with E-state index in [1.165, 1.54) is 17.9 Å². The van der Waals surface area contributed by atoms with E-state index in [2.05, 4.69) is 4.98 Å². The summed E-state index contributed by atoms with van der Waals surface area (Å²) in [6.07, 6.45) is 3.18. The van der Waals surface area contributed by atoms with E-state index in [-0.39, 0.29) is 5.75 Å². The molecule has 0 aliphatic rings. The molecular weight excluding hydrogens is 228 g/mol. The molecule has 0 spiro atoms. The van der Waals surface area contributed by atoms with E-state index in [0.717, 1.165) is 0 Å². The number of pyridine rings is 2. The molecule has 16 heavy (non-hydrogen) atoms. The van der Waals surface area contributed by atoms with Crippen LogP contribution in [0.3, 0.4) is 0 Å². The Kier molecular flexibility index (Phi) is 2.74. The molecule has 0 bridgehead atoms. The second-order valence-electron chi connectivity index (χ2n) is 3.16. The number of hydrogen-bond acceptors (Lipinski definition) is 4. The highest BCUT2D eigenvalue weighted by atomic mass is 32.2. The molecule has 0 radical (unpaired) electrons. The fourth-order valence-electron chi connectivity index (χ4n) is 1.26. The average Bonchev–Trinajstić information content (AvgIpc) is 2.29. The Hall–Kier alpha value is -1.69. The predicted molar refractivity (Wildman–Crippen MR) is 58.0 cm³/mol. The van der Waals surface area contributed by atoms with Crippen molar-refractivity contribution in [3.8, 4) is 0 Å². The summed E-state index contributed by atoms with van der Waals surface area (Å²) < 4.78 is 28.8. The third-order valence-corrected chi connectivity index (χ3v) is 3.17. The summed E-state index contributed by atoms with van der Waals surface area (Å²) >= 11 is 0. The van der Waals surface area contributed by atoms with Gasteiger partial charge in [-0.25, -0.2) is 4.98 Å². The molecule has 2 aromatic heterocycles. The second kappa shape index (κ2) is 4.05. The molecule has 2 rings (SSSR count). The number of hydrogen-bond donors (Lipinski definition) is 0. The molecule has 0 amide bonds. The quantitative estimate of drug-likeness (QED) is 0.723. The zero-order valence-electron chi connectivity index (χ0n) is 8.70. The third kappa shape index (κ3) is 2.11. The van der Waals surface area contributed by atoms with Crippen molar-refractivity contribution < 1.29 is 17.4 Å². The molecule has 2 heterocycles. The monoisotopic (exact) mass is 239 g/mol. The van der Waals surface area contributed by atoms with Gasteiger partial charge in [0, 0.05) is 23.1 Å². The lowest BCUT2D eigenvalue weighted by molar-refractivity contribution is -0.835. The van der Waals surface area contributed by atoms with Gasteiger partial charge in [0.15, 0.2) is 0 Å². The topological polar surface area (TPSA) is 60.1 Å². The molecule has 6 heteroatoms. The molecule has 5 nitrogen and oxygen atoms in total. The summed E-state index contributed by atoms with van der Waals surface area (Å²) in [6.45, 7) is 1.53. The number of rotatable bonds is 3. The van der Waals surface area contributed by atoms with Crippen molar-refractivity contribution in [2.45, 2.75) is 6.92 Å². The Bertz CT molecular complexity index is 605. The average molecular weight is 239 g/mol. The number of aromatic nitrogens is 2. The smallest absolute Gasteiger partial charge is 0.250 e. The van der Waals surface area contributed by atoms with E-state index < -0.39 is 10.1 Å². The van der Waals surface area contributed by atoms with Crippen molar-refractivity contribution in [2.24, 2.45) is 0 Å². The summed E-state index contributed by atoms with van der Waals surface area (Å²) in [5, 5.41) is 0. The second-order valence-corrected chi connectivity index (χ2v) is 5.00. The molecule has 0 saturated carbocycles. The summed E-state index contributed by atoms with van der Waals surface area (Å²) in [6, 6.07) is 6.93. The van der Waals surface area contributed by atoms with Crippen LogP contribution in [0, 0.1) is 0 Å². The Labute approximate surface area is 93.4 Å². The first kappa shape index (κ1) is 10.8. The van der Waals surface area contributed by atoms with E-state index in [9.17, 15) is 8.42 Å². The fraction of sp³-hybridized carbons (Fsp3) is 0.200. The maximum atomic E-state index is 11.3. The van der Waals surface area contributed by atoms with Gasteiger partial charge in [0.25, 0.3) is 5.52 Å². The van der Waals surface area contributed by atoms with E-state index >= 15 is 0 Å². The van der Waals surface area contributed by atoms with Gasteiger partial charge in [-0.1, -0.05) is 0 Å². The SMILES string of the molecule is CCS(=O)(=O)O[n+]1cccc2ncccc21. The van der Waals surface area contributed by atoms with Crippen LogP contribution in [0.2, 0.25) is 0 Å². The van der Waals surface area contributed by atoms with Gasteiger partial charge in [-0.15, -0.1) is 4.28 Å². The lowest BCUT2D eigenvalue weighted by Gasteiger charge is -1.98. The lowest BCUT2D eigenvalue weighted by Crippen LogP contribution is -2.46. The molecule has 0 aliphatic carbocycles. The van der Waals surface area contributed by atoms with Crippen LogP contribution in [0.4, 0.5) is 0 Å². The maximum Gasteiger partial charge on any atom is 0.367 e. The van der Waals surface area contributed by atoms with Gasteiger partial charge in [0.1, 0.15) is 5.52 Å². The van der Waals surface area contributed by atoms with Crippen LogP contribution < -0.4 is 9.01 Å². The Morgan fingerprint density at radius 1 is 1.38 bits per heavy atom. The highest BCUT2D eigenvalue weighted by molar-refractivity contribution is 7.86. The first-order chi connectivity index (χ1) is 7.62. The van der Waals surface area contributed by atoms with Gasteiger partial charge in [-0.05, 0) is 19.1 Å². The minimum atomic E-state index is -3.53. The molecular formula is C10H11N2O3S+. The Morgan fingerprint density at radius 3 is 2.94 bits per heavy atom. The number of fused-ring (bicyclic) bond motifs is 1. The van der Waals surface area contributed by atoms with E-state index in [1.807, 2.05) is 0 Å². The third-order valence-electron chi connectivity index (χ3n) is 2.08. The van der Waals surface area contributed by atoms with Crippen LogP contribution in [0.15, 0.2) is 36.7 Å². The van der Waals surface area contributed by atoms with Crippen LogP contribution in [0.25, 0.3) is 11.0 Å². The first-order valence-corrected chi connectivity index (χ1v) is 6.38. The Morgan fingerprint density at radius 2 is 2.19 bits per heavy atom. The standard InChI is InChI=1S/C10H11N2O3S/c1-2-16(13,14)15-12-8-4-5-9-10(12)6-3-7-11-9/h3-8H,2H2,1H3/q+1. The lowest BCUT2D eigenvalue weighted by atomic mass is 10.3. The minimum Gasteiger partial charge on any atom is -0.250 e. The summed E-state index contributed by atoms with van der Waals surface area (Å²) in [4.78, 5) is 4.10. The van der Waals surface area contributed by atoms with Gasteiger partial charge >= 0.3 is 10.1 Å². The van der Waals surface area contributed by atoms with Crippen molar-refractivity contribution in [1.29, 1.82) is 0 Å². The van der Waals surface area contributed by atoms with Crippen LogP contribution in [0.5, 0.6) is 0 Å². The zero-order chi connectivity index (χ0) is 11.6. The molecule has 0 aliphatic heterocycles. The van der Waals surface area contributed by atoms with Gasteiger partial charge in [-0.3, -0.25) is 0 Å². The molecule has 0 saturated heterocycles. The van der Waals surface area contributed by atoms with Crippen LogP contribution in [-0.4, -0.2) is 19.2 Å². The predicted octanol–water partition coefficient (Wildman–Crippen LogP) is 0.301. The van der Waals surface area contributed by atoms with Crippen molar-refractivity contribution in [3.63, 3.8) is 0 Å². The van der Waals surface area contributed by atoms with Crippen molar-refractivity contribution in [2.75, 3.05) is 5.75 Å². The minimum absolute atomic E-state index is 0.0728. The number of nitrogens with zero attached hydrogens (tertiary/aromatic N) is 2. The van der Waals surface area contributed by atoms with Crippen molar-refractivity contribution in [1.82, 2.24) is 4.98 Å². The molecule has 84 valence electrons. The van der Waals surface area contributed by atoms with E-state index in [0.29, 0.717) is 11.0 Å². The Balaban J connectivity index is 2.53. The maximum absolute atomic E-state index is 11.3. The molecule has 0 fully saturated rings. The van der Waals surface area contributed by atoms with Crippen molar-refractivity contribution in [3.05, 3.63) is 36.7 Å². The summed E-state index contributed by atoms with van der Waals surface area (Å²) in [7, 11) is -3.53. The molecule has 0 N–H and O–H groups in total. The van der Waals surface area contributed by atoms with Crippen LogP contribution >= 0.6 is 0 Å². The van der Waals surface area contributed by atoms with Crippen molar-refractivity contribution >= 4 is 21.2 Å². The molecule has 0 unspecified atom stereocenters. The summed E-state index contributed by atoms with van der Waals surface area (Å²) in [5.41, 5.74) is 1.29. The fourth-order valence-corrected chi connectivity index (χ4v) is 1.74. The largest absolute Gasteiger partial charge is 0.367 e. The highest BCUT2D eigenvalue weighted by Crippen LogP contribution is 2.03. The van der Waals surface area contributed by atoms with Gasteiger partial charge in [0.2, 0.25) is 6.20 Å². The molecule has 0 aromatic carbocycles. The van der Waals surface area contributed by atoms with Crippen LogP contribution in [0.1, 0.15) is 6.92 Å². The molecule has 2 aromatic rings. The van der Waals surface area contributed by atoms with E-state index in [1.54, 1.807) is 30.5 Å². The van der Waals surface area contributed by atoms with Gasteiger partial charge in [-0.2, -0.15) is 8.42 Å². The van der Waals surface area contributed by atoms with E-state index in [4.69, 9.17) is 4.28 Å². The summed E-state index contributed by atoms with van der Waals surface area (Å²) in [5.74, 6) is -0.0728. The molecule has 0 atom stereocenters.